The zero-order valence-corrected chi connectivity index (χ0v) is 14.5. The number of hydrogen-bond donors (Lipinski definition) is 1. The normalized spacial score (nSPS) is 23.9. The molecule has 1 N–H and O–H groups in total. The van der Waals surface area contributed by atoms with Gasteiger partial charge in [0, 0.05) is 39.3 Å². The van der Waals surface area contributed by atoms with Gasteiger partial charge in [0.2, 0.25) is 5.91 Å². The molecule has 4 nitrogen and oxygen atoms in total. The van der Waals surface area contributed by atoms with Gasteiger partial charge in [0.25, 0.3) is 0 Å². The van der Waals surface area contributed by atoms with E-state index in [4.69, 9.17) is 0 Å². The fourth-order valence-electron chi connectivity index (χ4n) is 3.85. The molecule has 132 valence electrons. The molecule has 5 heteroatoms. The number of piperidine rings is 1. The summed E-state index contributed by atoms with van der Waals surface area (Å²) in [6.45, 7) is 8.49. The molecule has 2 heterocycles. The number of rotatable bonds is 4. The zero-order valence-electron chi connectivity index (χ0n) is 14.5. The number of likely N-dealkylation sites (tertiary alicyclic amines) is 1. The van der Waals surface area contributed by atoms with Crippen LogP contribution in [0.4, 0.5) is 4.39 Å². The summed E-state index contributed by atoms with van der Waals surface area (Å²) in [5, 5.41) is 3.30. The lowest BCUT2D eigenvalue weighted by molar-refractivity contribution is -0.138. The van der Waals surface area contributed by atoms with Gasteiger partial charge in [0.05, 0.1) is 5.92 Å². The van der Waals surface area contributed by atoms with Crippen molar-refractivity contribution in [1.82, 2.24) is 15.1 Å². The predicted octanol–water partition coefficient (Wildman–Crippen LogP) is 2.07. The molecule has 0 saturated carbocycles. The van der Waals surface area contributed by atoms with Gasteiger partial charge in [-0.05, 0) is 43.0 Å². The molecule has 3 rings (SSSR count). The Hall–Kier alpha value is -1.46. The second kappa shape index (κ2) is 8.08. The lowest BCUT2D eigenvalue weighted by atomic mass is 9.94. The second-order valence-electron chi connectivity index (χ2n) is 7.13. The number of halogens is 1. The van der Waals surface area contributed by atoms with Crippen LogP contribution in [0.15, 0.2) is 24.3 Å². The Morgan fingerprint density at radius 3 is 2.67 bits per heavy atom. The summed E-state index contributed by atoms with van der Waals surface area (Å²) >= 11 is 0. The summed E-state index contributed by atoms with van der Waals surface area (Å²) in [5.41, 5.74) is 1.16. The van der Waals surface area contributed by atoms with Crippen LogP contribution in [0.2, 0.25) is 0 Å². The van der Waals surface area contributed by atoms with E-state index in [2.05, 4.69) is 17.1 Å². The van der Waals surface area contributed by atoms with Gasteiger partial charge in [-0.25, -0.2) is 4.39 Å². The van der Waals surface area contributed by atoms with Crippen molar-refractivity contribution in [3.63, 3.8) is 0 Å². The first-order valence-corrected chi connectivity index (χ1v) is 9.11. The monoisotopic (exact) mass is 333 g/mol. The van der Waals surface area contributed by atoms with Crippen LogP contribution in [0.5, 0.6) is 0 Å². The Labute approximate surface area is 144 Å². The molecule has 0 spiro atoms. The highest BCUT2D eigenvalue weighted by atomic mass is 19.1. The summed E-state index contributed by atoms with van der Waals surface area (Å²) in [5.74, 6) is 0.622. The average molecular weight is 333 g/mol. The molecule has 0 aliphatic carbocycles. The molecule has 24 heavy (non-hydrogen) atoms. The Morgan fingerprint density at radius 1 is 1.25 bits per heavy atom. The van der Waals surface area contributed by atoms with Crippen molar-refractivity contribution in [1.29, 1.82) is 0 Å². The van der Waals surface area contributed by atoms with Crippen molar-refractivity contribution in [3.05, 3.63) is 35.6 Å². The van der Waals surface area contributed by atoms with Gasteiger partial charge < -0.3 is 15.1 Å². The minimum atomic E-state index is -0.189. The molecule has 2 unspecified atom stereocenters. The molecule has 2 atom stereocenters. The van der Waals surface area contributed by atoms with Crippen LogP contribution in [0, 0.1) is 11.7 Å². The van der Waals surface area contributed by atoms with Crippen molar-refractivity contribution in [2.45, 2.75) is 25.7 Å². The smallest absolute Gasteiger partial charge is 0.227 e. The SMILES string of the molecule is CC(CN1CCCC(C(=O)N2CCNCC2)C1)c1ccc(F)cc1. The Kier molecular flexibility index (Phi) is 5.85. The van der Waals surface area contributed by atoms with Crippen molar-refractivity contribution in [3.8, 4) is 0 Å². The Morgan fingerprint density at radius 2 is 1.96 bits per heavy atom. The van der Waals surface area contributed by atoms with E-state index in [0.717, 1.165) is 64.2 Å². The largest absolute Gasteiger partial charge is 0.340 e. The van der Waals surface area contributed by atoms with Gasteiger partial charge in [0.1, 0.15) is 5.82 Å². The van der Waals surface area contributed by atoms with Crippen LogP contribution in [0.25, 0.3) is 0 Å². The number of benzene rings is 1. The standard InChI is InChI=1S/C19H28FN3O/c1-15(16-4-6-18(20)7-5-16)13-22-10-2-3-17(14-22)19(24)23-11-8-21-9-12-23/h4-7,15,17,21H,2-3,8-14H2,1H3. The number of carbonyl (C=O) groups excluding carboxylic acids is 1. The Bertz CT molecular complexity index is 542. The first kappa shape index (κ1) is 17.4. The van der Waals surface area contributed by atoms with Crippen molar-refractivity contribution >= 4 is 5.91 Å². The summed E-state index contributed by atoms with van der Waals surface area (Å²) in [6.07, 6.45) is 2.09. The quantitative estimate of drug-likeness (QED) is 0.916. The number of nitrogens with zero attached hydrogens (tertiary/aromatic N) is 2. The van der Waals surface area contributed by atoms with Crippen molar-refractivity contribution < 1.29 is 9.18 Å². The first-order valence-electron chi connectivity index (χ1n) is 9.11. The van der Waals surface area contributed by atoms with Gasteiger partial charge in [0.15, 0.2) is 0 Å². The molecule has 0 radical (unpaired) electrons. The van der Waals surface area contributed by atoms with Gasteiger partial charge >= 0.3 is 0 Å². The van der Waals surface area contributed by atoms with Crippen LogP contribution < -0.4 is 5.32 Å². The third kappa shape index (κ3) is 4.33. The summed E-state index contributed by atoms with van der Waals surface area (Å²) in [6, 6.07) is 6.79. The maximum absolute atomic E-state index is 13.1. The molecule has 2 saturated heterocycles. The number of amides is 1. The lowest BCUT2D eigenvalue weighted by Crippen LogP contribution is -2.51. The van der Waals surface area contributed by atoms with E-state index in [1.54, 1.807) is 0 Å². The molecular weight excluding hydrogens is 305 g/mol. The topological polar surface area (TPSA) is 35.6 Å². The first-order chi connectivity index (χ1) is 11.6. The Balaban J connectivity index is 1.54. The number of carbonyl (C=O) groups is 1. The second-order valence-corrected chi connectivity index (χ2v) is 7.13. The van der Waals surface area contributed by atoms with E-state index in [9.17, 15) is 9.18 Å². The molecule has 2 aliphatic rings. The summed E-state index contributed by atoms with van der Waals surface area (Å²) < 4.78 is 13.1. The number of nitrogens with one attached hydrogen (secondary N) is 1. The van der Waals surface area contributed by atoms with Crippen LogP contribution >= 0.6 is 0 Å². The maximum Gasteiger partial charge on any atom is 0.227 e. The summed E-state index contributed by atoms with van der Waals surface area (Å²) in [4.78, 5) is 17.1. The zero-order chi connectivity index (χ0) is 16.9. The van der Waals surface area contributed by atoms with E-state index in [1.165, 1.54) is 12.1 Å². The third-order valence-electron chi connectivity index (χ3n) is 5.25. The molecule has 0 aromatic heterocycles. The van der Waals surface area contributed by atoms with Crippen molar-refractivity contribution in [2.75, 3.05) is 45.8 Å². The predicted molar refractivity (Wildman–Crippen MR) is 93.4 cm³/mol. The average Bonchev–Trinajstić information content (AvgIpc) is 2.62. The number of hydrogen-bond acceptors (Lipinski definition) is 3. The third-order valence-corrected chi connectivity index (χ3v) is 5.25. The number of piperazine rings is 1. The van der Waals surface area contributed by atoms with Gasteiger partial charge in [-0.3, -0.25) is 4.79 Å². The van der Waals surface area contributed by atoms with Crippen LogP contribution in [0.3, 0.4) is 0 Å². The van der Waals surface area contributed by atoms with Gasteiger partial charge in [-0.1, -0.05) is 19.1 Å². The molecule has 2 aliphatic heterocycles. The highest BCUT2D eigenvalue weighted by molar-refractivity contribution is 5.79. The van der Waals surface area contributed by atoms with Crippen LogP contribution in [-0.4, -0.2) is 61.5 Å². The lowest BCUT2D eigenvalue weighted by Gasteiger charge is -2.37. The molecular formula is C19H28FN3O. The highest BCUT2D eigenvalue weighted by Crippen LogP contribution is 2.23. The van der Waals surface area contributed by atoms with Gasteiger partial charge in [-0.15, -0.1) is 0 Å². The fourth-order valence-corrected chi connectivity index (χ4v) is 3.85. The molecule has 1 aromatic rings. The van der Waals surface area contributed by atoms with E-state index in [-0.39, 0.29) is 11.7 Å². The van der Waals surface area contributed by atoms with Crippen LogP contribution in [0.1, 0.15) is 31.2 Å². The molecule has 0 bridgehead atoms. The summed E-state index contributed by atoms with van der Waals surface area (Å²) in [7, 11) is 0. The van der Waals surface area contributed by atoms with E-state index >= 15 is 0 Å². The van der Waals surface area contributed by atoms with Crippen molar-refractivity contribution in [2.24, 2.45) is 5.92 Å². The fraction of sp³-hybridized carbons (Fsp3) is 0.632. The molecule has 1 aromatic carbocycles. The molecule has 2 fully saturated rings. The minimum Gasteiger partial charge on any atom is -0.340 e. The van der Waals surface area contributed by atoms with Crippen LogP contribution in [-0.2, 0) is 4.79 Å². The maximum atomic E-state index is 13.1. The van der Waals surface area contributed by atoms with Gasteiger partial charge in [-0.2, -0.15) is 0 Å². The van der Waals surface area contributed by atoms with E-state index < -0.39 is 0 Å². The van der Waals surface area contributed by atoms with E-state index in [0.29, 0.717) is 11.8 Å². The van der Waals surface area contributed by atoms with E-state index in [1.807, 2.05) is 17.0 Å². The highest BCUT2D eigenvalue weighted by Gasteiger charge is 2.30. The molecule has 1 amide bonds. The minimum absolute atomic E-state index is 0.136.